The summed E-state index contributed by atoms with van der Waals surface area (Å²) < 4.78 is 29.4. The molecule has 0 bridgehead atoms. The molecule has 0 atom stereocenters. The minimum atomic E-state index is -3.35. The van der Waals surface area contributed by atoms with Gasteiger partial charge < -0.3 is 10.1 Å². The van der Waals surface area contributed by atoms with Crippen LogP contribution >= 0.6 is 0 Å². The Morgan fingerprint density at radius 2 is 1.85 bits per heavy atom. The van der Waals surface area contributed by atoms with Gasteiger partial charge in [-0.2, -0.15) is 4.31 Å². The van der Waals surface area contributed by atoms with Crippen LogP contribution in [0, 0.1) is 0 Å². The van der Waals surface area contributed by atoms with Gasteiger partial charge in [0.2, 0.25) is 15.9 Å². The molecule has 0 aliphatic carbocycles. The Labute approximate surface area is 119 Å². The van der Waals surface area contributed by atoms with Crippen LogP contribution in [0.4, 0.5) is 5.69 Å². The summed E-state index contributed by atoms with van der Waals surface area (Å²) in [5.74, 6) is 0.310. The Hall–Kier alpha value is -1.60. The molecule has 7 heteroatoms. The largest absolute Gasteiger partial charge is 0.494 e. The summed E-state index contributed by atoms with van der Waals surface area (Å²) in [5, 5.41) is 2.64. The lowest BCUT2D eigenvalue weighted by Gasteiger charge is -2.15. The number of likely N-dealkylation sites (N-methyl/N-ethyl adjacent to an activating group) is 1. The smallest absolute Gasteiger partial charge is 0.239 e. The Morgan fingerprint density at radius 1 is 1.25 bits per heavy atom. The molecule has 0 heterocycles. The fourth-order valence-corrected chi connectivity index (χ4v) is 2.28. The first-order chi connectivity index (χ1) is 9.39. The maximum Gasteiger partial charge on any atom is 0.239 e. The molecular formula is C13H20N2O4S. The maximum absolute atomic E-state index is 11.7. The zero-order chi connectivity index (χ0) is 15.2. The highest BCUT2D eigenvalue weighted by molar-refractivity contribution is 7.89. The molecule has 6 nitrogen and oxygen atoms in total. The number of sulfonamides is 1. The number of rotatable bonds is 7. The van der Waals surface area contributed by atoms with E-state index in [2.05, 4.69) is 5.32 Å². The van der Waals surface area contributed by atoms with Gasteiger partial charge in [0.05, 0.1) is 18.9 Å². The summed E-state index contributed by atoms with van der Waals surface area (Å²) in [5.41, 5.74) is 0.598. The number of hydrogen-bond donors (Lipinski definition) is 1. The third kappa shape index (κ3) is 4.82. The summed E-state index contributed by atoms with van der Waals surface area (Å²) in [7, 11) is -1.96. The number of carbonyl (C=O) groups excluding carboxylic acids is 1. The van der Waals surface area contributed by atoms with Gasteiger partial charge >= 0.3 is 0 Å². The van der Waals surface area contributed by atoms with Crippen LogP contribution in [0.5, 0.6) is 5.75 Å². The topological polar surface area (TPSA) is 75.7 Å². The quantitative estimate of drug-likeness (QED) is 0.823. The molecule has 0 spiro atoms. The lowest BCUT2D eigenvalue weighted by atomic mass is 10.3. The number of nitrogens with zero attached hydrogens (tertiary/aromatic N) is 1. The van der Waals surface area contributed by atoms with Gasteiger partial charge in [0.15, 0.2) is 0 Å². The molecule has 20 heavy (non-hydrogen) atoms. The highest BCUT2D eigenvalue weighted by Crippen LogP contribution is 2.15. The number of anilines is 1. The van der Waals surface area contributed by atoms with Crippen molar-refractivity contribution in [2.24, 2.45) is 0 Å². The minimum Gasteiger partial charge on any atom is -0.494 e. The molecule has 1 aromatic carbocycles. The Balaban J connectivity index is 2.58. The van der Waals surface area contributed by atoms with Gasteiger partial charge in [-0.3, -0.25) is 4.79 Å². The number of hydrogen-bond acceptors (Lipinski definition) is 4. The minimum absolute atomic E-state index is 0.0279. The van der Waals surface area contributed by atoms with E-state index in [1.807, 2.05) is 6.92 Å². The summed E-state index contributed by atoms with van der Waals surface area (Å²) in [6, 6.07) is 6.89. The van der Waals surface area contributed by atoms with E-state index in [0.717, 1.165) is 10.1 Å². The van der Waals surface area contributed by atoms with Gasteiger partial charge in [0, 0.05) is 12.7 Å². The van der Waals surface area contributed by atoms with E-state index >= 15 is 0 Å². The normalized spacial score (nSPS) is 11.4. The first-order valence-electron chi connectivity index (χ1n) is 6.35. The molecule has 1 rings (SSSR count). The second-order valence-corrected chi connectivity index (χ2v) is 6.53. The summed E-state index contributed by atoms with van der Waals surface area (Å²) in [6.07, 6.45) is 0. The zero-order valence-corrected chi connectivity index (χ0v) is 12.7. The molecule has 1 amide bonds. The Bertz CT molecular complexity index is 540. The van der Waals surface area contributed by atoms with E-state index in [0.29, 0.717) is 12.3 Å². The average Bonchev–Trinajstić information content (AvgIpc) is 2.41. The highest BCUT2D eigenvalue weighted by atomic mass is 32.2. The van der Waals surface area contributed by atoms with Crippen LogP contribution in [-0.4, -0.2) is 44.6 Å². The molecule has 0 saturated heterocycles. The standard InChI is InChI=1S/C13H20N2O4S/c1-4-19-12-8-6-11(7-9-12)14-13(16)10-15(3)20(17,18)5-2/h6-9H,4-5,10H2,1-3H3,(H,14,16). The third-order valence-electron chi connectivity index (χ3n) is 2.66. The SMILES string of the molecule is CCOc1ccc(NC(=O)CN(C)S(=O)(=O)CC)cc1. The Kier molecular flexibility index (Phi) is 5.97. The predicted octanol–water partition coefficient (Wildman–Crippen LogP) is 1.31. The van der Waals surface area contributed by atoms with Crippen molar-refractivity contribution in [2.75, 3.05) is 31.3 Å². The van der Waals surface area contributed by atoms with Crippen LogP contribution in [0.1, 0.15) is 13.8 Å². The average molecular weight is 300 g/mol. The second-order valence-electron chi connectivity index (χ2n) is 4.16. The van der Waals surface area contributed by atoms with Crippen LogP contribution in [0.25, 0.3) is 0 Å². The fraction of sp³-hybridized carbons (Fsp3) is 0.462. The van der Waals surface area contributed by atoms with Crippen LogP contribution in [0.15, 0.2) is 24.3 Å². The molecule has 0 aromatic heterocycles. The molecular weight excluding hydrogens is 280 g/mol. The van der Waals surface area contributed by atoms with Crippen LogP contribution in [-0.2, 0) is 14.8 Å². The van der Waals surface area contributed by atoms with Crippen molar-refractivity contribution in [1.29, 1.82) is 0 Å². The van der Waals surface area contributed by atoms with Crippen molar-refractivity contribution in [3.8, 4) is 5.75 Å². The van der Waals surface area contributed by atoms with Crippen molar-refractivity contribution in [3.63, 3.8) is 0 Å². The molecule has 0 saturated carbocycles. The summed E-state index contributed by atoms with van der Waals surface area (Å²) in [6.45, 7) is 3.80. The fourth-order valence-electron chi connectivity index (χ4n) is 1.52. The van der Waals surface area contributed by atoms with Gasteiger partial charge in [0.25, 0.3) is 0 Å². The summed E-state index contributed by atoms with van der Waals surface area (Å²) in [4.78, 5) is 11.7. The monoisotopic (exact) mass is 300 g/mol. The molecule has 0 aliphatic heterocycles. The first-order valence-corrected chi connectivity index (χ1v) is 7.96. The number of ether oxygens (including phenoxy) is 1. The summed E-state index contributed by atoms with van der Waals surface area (Å²) >= 11 is 0. The van der Waals surface area contributed by atoms with Crippen molar-refractivity contribution in [3.05, 3.63) is 24.3 Å². The van der Waals surface area contributed by atoms with Crippen molar-refractivity contribution < 1.29 is 17.9 Å². The molecule has 1 aromatic rings. The lowest BCUT2D eigenvalue weighted by Crippen LogP contribution is -2.35. The van der Waals surface area contributed by atoms with Gasteiger partial charge in [-0.1, -0.05) is 0 Å². The van der Waals surface area contributed by atoms with E-state index in [4.69, 9.17) is 4.74 Å². The second kappa shape index (κ2) is 7.25. The molecule has 0 radical (unpaired) electrons. The van der Waals surface area contributed by atoms with Gasteiger partial charge in [-0.25, -0.2) is 8.42 Å². The predicted molar refractivity (Wildman–Crippen MR) is 78.3 cm³/mol. The molecule has 112 valence electrons. The van der Waals surface area contributed by atoms with E-state index in [-0.39, 0.29) is 18.2 Å². The number of amides is 1. The number of nitrogens with one attached hydrogen (secondary N) is 1. The van der Waals surface area contributed by atoms with Crippen molar-refractivity contribution in [2.45, 2.75) is 13.8 Å². The molecule has 0 aliphatic rings. The highest BCUT2D eigenvalue weighted by Gasteiger charge is 2.18. The number of carbonyl (C=O) groups is 1. The van der Waals surface area contributed by atoms with E-state index in [1.165, 1.54) is 14.0 Å². The van der Waals surface area contributed by atoms with Crippen LogP contribution in [0.2, 0.25) is 0 Å². The van der Waals surface area contributed by atoms with E-state index in [9.17, 15) is 13.2 Å². The van der Waals surface area contributed by atoms with Crippen molar-refractivity contribution in [1.82, 2.24) is 4.31 Å². The van der Waals surface area contributed by atoms with Crippen LogP contribution < -0.4 is 10.1 Å². The van der Waals surface area contributed by atoms with Gasteiger partial charge in [0.1, 0.15) is 5.75 Å². The first kappa shape index (κ1) is 16.5. The Morgan fingerprint density at radius 3 is 2.35 bits per heavy atom. The van der Waals surface area contributed by atoms with E-state index in [1.54, 1.807) is 24.3 Å². The third-order valence-corrected chi connectivity index (χ3v) is 4.46. The van der Waals surface area contributed by atoms with Crippen molar-refractivity contribution >= 4 is 21.6 Å². The lowest BCUT2D eigenvalue weighted by molar-refractivity contribution is -0.116. The van der Waals surface area contributed by atoms with Gasteiger partial charge in [-0.05, 0) is 38.1 Å². The van der Waals surface area contributed by atoms with Gasteiger partial charge in [-0.15, -0.1) is 0 Å². The molecule has 1 N–H and O–H groups in total. The zero-order valence-electron chi connectivity index (χ0n) is 11.9. The maximum atomic E-state index is 11.7. The van der Waals surface area contributed by atoms with E-state index < -0.39 is 10.0 Å². The molecule has 0 unspecified atom stereocenters. The molecule has 0 fully saturated rings. The van der Waals surface area contributed by atoms with Crippen LogP contribution in [0.3, 0.4) is 0 Å². The number of benzene rings is 1.